The van der Waals surface area contributed by atoms with Gasteiger partial charge in [0.05, 0.1) is 0 Å². The fourth-order valence-electron chi connectivity index (χ4n) is 4.06. The van der Waals surface area contributed by atoms with Crippen LogP contribution in [-0.2, 0) is 0 Å². The zero-order valence-electron chi connectivity index (χ0n) is 12.5. The monoisotopic (exact) mass is 252 g/mol. The van der Waals surface area contributed by atoms with Crippen LogP contribution in [0.5, 0.6) is 0 Å². The van der Waals surface area contributed by atoms with Crippen LogP contribution in [-0.4, -0.2) is 24.7 Å². The lowest BCUT2D eigenvalue weighted by atomic mass is 9.88. The van der Waals surface area contributed by atoms with Gasteiger partial charge in [-0.3, -0.25) is 0 Å². The summed E-state index contributed by atoms with van der Waals surface area (Å²) in [6.07, 6.45) is 9.78. The molecular formula is C16H32N2. The Kier molecular flexibility index (Phi) is 5.50. The Hall–Kier alpha value is -0.0800. The molecule has 0 aromatic rings. The molecule has 2 fully saturated rings. The highest BCUT2D eigenvalue weighted by Crippen LogP contribution is 2.32. The van der Waals surface area contributed by atoms with Crippen LogP contribution in [0.2, 0.25) is 0 Å². The van der Waals surface area contributed by atoms with Crippen LogP contribution < -0.4 is 10.6 Å². The van der Waals surface area contributed by atoms with Crippen LogP contribution in [0.3, 0.4) is 0 Å². The molecule has 2 heteroatoms. The smallest absolute Gasteiger partial charge is 0.0113 e. The van der Waals surface area contributed by atoms with Crippen molar-refractivity contribution >= 4 is 0 Å². The number of rotatable bonds is 5. The number of piperidine rings is 1. The van der Waals surface area contributed by atoms with Crippen molar-refractivity contribution in [3.8, 4) is 0 Å². The van der Waals surface area contributed by atoms with Crippen LogP contribution in [0.25, 0.3) is 0 Å². The Balaban J connectivity index is 1.82. The topological polar surface area (TPSA) is 24.1 Å². The van der Waals surface area contributed by atoms with Crippen molar-refractivity contribution in [2.45, 2.75) is 83.8 Å². The zero-order chi connectivity index (χ0) is 13.0. The zero-order valence-corrected chi connectivity index (χ0v) is 12.5. The Labute approximate surface area is 113 Å². The first-order valence-corrected chi connectivity index (χ1v) is 8.16. The molecule has 2 nitrogen and oxygen atoms in total. The second-order valence-electron chi connectivity index (χ2n) is 6.95. The molecule has 0 bridgehead atoms. The van der Waals surface area contributed by atoms with Crippen LogP contribution in [0.15, 0.2) is 0 Å². The third-order valence-electron chi connectivity index (χ3n) is 4.76. The van der Waals surface area contributed by atoms with E-state index in [1.165, 1.54) is 51.5 Å². The Morgan fingerprint density at radius 1 is 1.06 bits per heavy atom. The maximum Gasteiger partial charge on any atom is 0.0113 e. The van der Waals surface area contributed by atoms with Gasteiger partial charge < -0.3 is 10.6 Å². The number of hydrogen-bond donors (Lipinski definition) is 2. The van der Waals surface area contributed by atoms with E-state index >= 15 is 0 Å². The fraction of sp³-hybridized carbons (Fsp3) is 1.00. The third-order valence-corrected chi connectivity index (χ3v) is 4.76. The number of nitrogens with one attached hydrogen (secondary N) is 2. The van der Waals surface area contributed by atoms with E-state index in [2.05, 4.69) is 31.4 Å². The summed E-state index contributed by atoms with van der Waals surface area (Å²) in [7, 11) is 0. The molecule has 4 unspecified atom stereocenters. The summed E-state index contributed by atoms with van der Waals surface area (Å²) in [4.78, 5) is 0. The van der Waals surface area contributed by atoms with Gasteiger partial charge in [0.2, 0.25) is 0 Å². The molecule has 0 amide bonds. The molecule has 1 aliphatic heterocycles. The lowest BCUT2D eigenvalue weighted by Crippen LogP contribution is -2.48. The average molecular weight is 252 g/mol. The second-order valence-corrected chi connectivity index (χ2v) is 6.95. The minimum absolute atomic E-state index is 0.680. The van der Waals surface area contributed by atoms with Gasteiger partial charge in [0.25, 0.3) is 0 Å². The van der Waals surface area contributed by atoms with Gasteiger partial charge in [0.1, 0.15) is 0 Å². The Morgan fingerprint density at radius 2 is 1.89 bits per heavy atom. The van der Waals surface area contributed by atoms with Gasteiger partial charge in [-0.1, -0.05) is 26.7 Å². The summed E-state index contributed by atoms with van der Waals surface area (Å²) in [6, 6.07) is 2.25. The van der Waals surface area contributed by atoms with E-state index in [-0.39, 0.29) is 0 Å². The third kappa shape index (κ3) is 3.96. The molecular weight excluding hydrogens is 220 g/mol. The standard InChI is InChI=1S/C16H32N2/c1-12(2)11-13(3)18-16-9-6-7-14(16)15-8-4-5-10-17-15/h12-18H,4-11H2,1-3H3. The first kappa shape index (κ1) is 14.3. The van der Waals surface area contributed by atoms with E-state index in [4.69, 9.17) is 0 Å². The van der Waals surface area contributed by atoms with Gasteiger partial charge >= 0.3 is 0 Å². The van der Waals surface area contributed by atoms with Crippen LogP contribution >= 0.6 is 0 Å². The average Bonchev–Trinajstić information content (AvgIpc) is 2.77. The molecule has 1 aliphatic carbocycles. The molecule has 1 heterocycles. The van der Waals surface area contributed by atoms with Gasteiger partial charge in [0, 0.05) is 18.1 Å². The molecule has 0 radical (unpaired) electrons. The summed E-state index contributed by atoms with van der Waals surface area (Å²) in [6.45, 7) is 8.26. The van der Waals surface area contributed by atoms with Crippen molar-refractivity contribution < 1.29 is 0 Å². The highest BCUT2D eigenvalue weighted by Gasteiger charge is 2.34. The molecule has 1 saturated carbocycles. The highest BCUT2D eigenvalue weighted by molar-refractivity contribution is 4.93. The van der Waals surface area contributed by atoms with Gasteiger partial charge in [0.15, 0.2) is 0 Å². The normalized spacial score (nSPS) is 35.0. The Bertz CT molecular complexity index is 233. The number of hydrogen-bond acceptors (Lipinski definition) is 2. The van der Waals surface area contributed by atoms with E-state index in [0.717, 1.165) is 23.9 Å². The summed E-state index contributed by atoms with van der Waals surface area (Å²) < 4.78 is 0. The van der Waals surface area contributed by atoms with Gasteiger partial charge in [-0.25, -0.2) is 0 Å². The minimum atomic E-state index is 0.680. The summed E-state index contributed by atoms with van der Waals surface area (Å²) >= 11 is 0. The summed E-state index contributed by atoms with van der Waals surface area (Å²) in [5, 5.41) is 7.68. The fourth-order valence-corrected chi connectivity index (χ4v) is 4.06. The molecule has 106 valence electrons. The van der Waals surface area contributed by atoms with Crippen LogP contribution in [0.1, 0.15) is 65.7 Å². The maximum absolute atomic E-state index is 3.92. The molecule has 2 aliphatic rings. The van der Waals surface area contributed by atoms with Crippen LogP contribution in [0.4, 0.5) is 0 Å². The predicted octanol–water partition coefficient (Wildman–Crippen LogP) is 3.32. The molecule has 18 heavy (non-hydrogen) atoms. The van der Waals surface area contributed by atoms with Crippen LogP contribution in [0, 0.1) is 11.8 Å². The first-order valence-electron chi connectivity index (χ1n) is 8.16. The van der Waals surface area contributed by atoms with Crippen molar-refractivity contribution in [2.24, 2.45) is 11.8 Å². The quantitative estimate of drug-likeness (QED) is 0.784. The summed E-state index contributed by atoms with van der Waals surface area (Å²) in [5.74, 6) is 1.69. The van der Waals surface area contributed by atoms with Gasteiger partial charge in [-0.05, 0) is 57.4 Å². The molecule has 0 aromatic carbocycles. The molecule has 1 saturated heterocycles. The summed E-state index contributed by atoms with van der Waals surface area (Å²) in [5.41, 5.74) is 0. The van der Waals surface area contributed by atoms with E-state index in [0.29, 0.717) is 6.04 Å². The first-order chi connectivity index (χ1) is 8.66. The minimum Gasteiger partial charge on any atom is -0.314 e. The maximum atomic E-state index is 3.92. The SMILES string of the molecule is CC(C)CC(C)NC1CCCC1C1CCCCN1. The van der Waals surface area contributed by atoms with Crippen molar-refractivity contribution in [1.29, 1.82) is 0 Å². The van der Waals surface area contributed by atoms with E-state index in [1.807, 2.05) is 0 Å². The Morgan fingerprint density at radius 3 is 2.56 bits per heavy atom. The van der Waals surface area contributed by atoms with E-state index < -0.39 is 0 Å². The molecule has 0 aromatic heterocycles. The predicted molar refractivity (Wildman–Crippen MR) is 78.8 cm³/mol. The van der Waals surface area contributed by atoms with Crippen molar-refractivity contribution in [3.63, 3.8) is 0 Å². The lowest BCUT2D eigenvalue weighted by Gasteiger charge is -2.34. The molecule has 0 spiro atoms. The molecule has 2 N–H and O–H groups in total. The van der Waals surface area contributed by atoms with Gasteiger partial charge in [-0.2, -0.15) is 0 Å². The van der Waals surface area contributed by atoms with E-state index in [9.17, 15) is 0 Å². The van der Waals surface area contributed by atoms with E-state index in [1.54, 1.807) is 0 Å². The molecule has 2 rings (SSSR count). The van der Waals surface area contributed by atoms with Crippen molar-refractivity contribution in [2.75, 3.05) is 6.54 Å². The molecule has 4 atom stereocenters. The van der Waals surface area contributed by atoms with Crippen molar-refractivity contribution in [3.05, 3.63) is 0 Å². The second kappa shape index (κ2) is 6.91. The lowest BCUT2D eigenvalue weighted by molar-refractivity contribution is 0.242. The van der Waals surface area contributed by atoms with Gasteiger partial charge in [-0.15, -0.1) is 0 Å². The highest BCUT2D eigenvalue weighted by atomic mass is 15.0. The van der Waals surface area contributed by atoms with Crippen molar-refractivity contribution in [1.82, 2.24) is 10.6 Å². The largest absolute Gasteiger partial charge is 0.314 e.